The zero-order valence-corrected chi connectivity index (χ0v) is 15.7. The second-order valence-electron chi connectivity index (χ2n) is 7.31. The summed E-state index contributed by atoms with van der Waals surface area (Å²) in [5.74, 6) is 0.868. The number of fused-ring (bicyclic) bond motifs is 2. The van der Waals surface area contributed by atoms with Gasteiger partial charge in [-0.3, -0.25) is 4.79 Å². The summed E-state index contributed by atoms with van der Waals surface area (Å²) < 4.78 is 5.40. The number of carbonyl (C=O) groups excluding carboxylic acids is 1. The first-order valence-corrected chi connectivity index (χ1v) is 9.70. The molecule has 1 aromatic heterocycles. The maximum absolute atomic E-state index is 13.0. The molecular weight excluding hydrogens is 352 g/mol. The van der Waals surface area contributed by atoms with Crippen LogP contribution in [0.15, 0.2) is 48.7 Å². The molecule has 0 saturated carbocycles. The fourth-order valence-corrected chi connectivity index (χ4v) is 3.96. The Labute approximate surface area is 163 Å². The van der Waals surface area contributed by atoms with E-state index in [0.717, 1.165) is 41.2 Å². The molecule has 3 heterocycles. The number of hydrogen-bond acceptors (Lipinski definition) is 5. The van der Waals surface area contributed by atoms with Crippen molar-refractivity contribution in [2.24, 2.45) is 0 Å². The van der Waals surface area contributed by atoms with Crippen LogP contribution in [0, 0.1) is 0 Å². The Morgan fingerprint density at radius 3 is 2.75 bits per heavy atom. The van der Waals surface area contributed by atoms with Gasteiger partial charge < -0.3 is 14.5 Å². The molecule has 2 aromatic carbocycles. The molecule has 2 aliphatic heterocycles. The predicted octanol–water partition coefficient (Wildman–Crippen LogP) is 2.55. The number of nitrogens with zero attached hydrogens (tertiary/aromatic N) is 4. The van der Waals surface area contributed by atoms with Crippen LogP contribution < -0.4 is 4.90 Å². The van der Waals surface area contributed by atoms with Crippen molar-refractivity contribution in [2.75, 3.05) is 31.2 Å². The van der Waals surface area contributed by atoms with Gasteiger partial charge in [0.15, 0.2) is 0 Å². The largest absolute Gasteiger partial charge is 0.378 e. The molecule has 0 spiro atoms. The molecule has 0 atom stereocenters. The third-order valence-electron chi connectivity index (χ3n) is 5.51. The number of carbonyl (C=O) groups is 1. The maximum atomic E-state index is 13.0. The third kappa shape index (κ3) is 3.20. The maximum Gasteiger partial charge on any atom is 0.227 e. The van der Waals surface area contributed by atoms with E-state index in [4.69, 9.17) is 9.72 Å². The lowest BCUT2D eigenvalue weighted by atomic mass is 10.0. The molecule has 6 nitrogen and oxygen atoms in total. The lowest BCUT2D eigenvalue weighted by Crippen LogP contribution is -2.37. The van der Waals surface area contributed by atoms with Gasteiger partial charge in [-0.05, 0) is 16.3 Å². The van der Waals surface area contributed by atoms with E-state index < -0.39 is 0 Å². The average Bonchev–Trinajstić information content (AvgIpc) is 3.18. The van der Waals surface area contributed by atoms with Gasteiger partial charge in [-0.15, -0.1) is 0 Å². The van der Waals surface area contributed by atoms with E-state index in [1.165, 1.54) is 5.39 Å². The van der Waals surface area contributed by atoms with E-state index in [0.29, 0.717) is 32.7 Å². The molecule has 2 aliphatic rings. The van der Waals surface area contributed by atoms with Crippen LogP contribution >= 0.6 is 0 Å². The van der Waals surface area contributed by atoms with Gasteiger partial charge in [0.2, 0.25) is 11.9 Å². The molecule has 28 heavy (non-hydrogen) atoms. The van der Waals surface area contributed by atoms with Gasteiger partial charge in [0.1, 0.15) is 0 Å². The predicted molar refractivity (Wildman–Crippen MR) is 107 cm³/mol. The summed E-state index contributed by atoms with van der Waals surface area (Å²) in [6.07, 6.45) is 2.28. The van der Waals surface area contributed by atoms with E-state index in [9.17, 15) is 4.79 Å². The van der Waals surface area contributed by atoms with Crippen LogP contribution in [0.3, 0.4) is 0 Å². The van der Waals surface area contributed by atoms with Crippen LogP contribution in [0.2, 0.25) is 0 Å². The Morgan fingerprint density at radius 1 is 1.04 bits per heavy atom. The van der Waals surface area contributed by atoms with E-state index in [-0.39, 0.29) is 5.91 Å². The first-order chi connectivity index (χ1) is 13.8. The summed E-state index contributed by atoms with van der Waals surface area (Å²) in [6.45, 7) is 4.16. The lowest BCUT2D eigenvalue weighted by molar-refractivity contribution is -0.131. The van der Waals surface area contributed by atoms with Crippen molar-refractivity contribution in [2.45, 2.75) is 19.5 Å². The summed E-state index contributed by atoms with van der Waals surface area (Å²) in [6, 6.07) is 14.3. The van der Waals surface area contributed by atoms with Crippen LogP contribution in [-0.4, -0.2) is 47.1 Å². The van der Waals surface area contributed by atoms with Gasteiger partial charge in [-0.1, -0.05) is 42.5 Å². The van der Waals surface area contributed by atoms with Gasteiger partial charge in [0, 0.05) is 31.4 Å². The van der Waals surface area contributed by atoms with Gasteiger partial charge in [0.05, 0.1) is 31.9 Å². The first kappa shape index (κ1) is 17.1. The SMILES string of the molecule is O=C(Cc1cccc2ccccc12)N1Cc2cnc(N3CCOCC3)nc2C1. The zero-order valence-electron chi connectivity index (χ0n) is 15.7. The fraction of sp³-hybridized carbons (Fsp3) is 0.318. The summed E-state index contributed by atoms with van der Waals surface area (Å²) in [5.41, 5.74) is 3.07. The summed E-state index contributed by atoms with van der Waals surface area (Å²) in [4.78, 5) is 26.2. The van der Waals surface area contributed by atoms with Crippen molar-refractivity contribution in [3.8, 4) is 0 Å². The highest BCUT2D eigenvalue weighted by atomic mass is 16.5. The number of morpholine rings is 1. The van der Waals surface area contributed by atoms with Crippen LogP contribution in [0.5, 0.6) is 0 Å². The van der Waals surface area contributed by atoms with Gasteiger partial charge >= 0.3 is 0 Å². The van der Waals surface area contributed by atoms with Crippen molar-refractivity contribution in [1.29, 1.82) is 0 Å². The Balaban J connectivity index is 1.32. The number of anilines is 1. The van der Waals surface area contributed by atoms with E-state index in [2.05, 4.69) is 28.1 Å². The molecule has 3 aromatic rings. The first-order valence-electron chi connectivity index (χ1n) is 9.70. The molecule has 0 bridgehead atoms. The number of amides is 1. The molecule has 0 N–H and O–H groups in total. The number of aromatic nitrogens is 2. The third-order valence-corrected chi connectivity index (χ3v) is 5.51. The molecule has 6 heteroatoms. The fourth-order valence-electron chi connectivity index (χ4n) is 3.96. The van der Waals surface area contributed by atoms with Crippen LogP contribution in [-0.2, 0) is 29.0 Å². The quantitative estimate of drug-likeness (QED) is 0.705. The molecule has 1 saturated heterocycles. The molecular formula is C22H22N4O2. The van der Waals surface area contributed by atoms with Crippen LogP contribution in [0.1, 0.15) is 16.8 Å². The highest BCUT2D eigenvalue weighted by Gasteiger charge is 2.26. The Hall–Kier alpha value is -2.99. The number of rotatable bonds is 3. The molecule has 0 aliphatic carbocycles. The highest BCUT2D eigenvalue weighted by Crippen LogP contribution is 2.25. The monoisotopic (exact) mass is 374 g/mol. The van der Waals surface area contributed by atoms with Crippen molar-refractivity contribution < 1.29 is 9.53 Å². The number of ether oxygens (including phenoxy) is 1. The van der Waals surface area contributed by atoms with E-state index in [1.54, 1.807) is 0 Å². The summed E-state index contributed by atoms with van der Waals surface area (Å²) in [7, 11) is 0. The lowest BCUT2D eigenvalue weighted by Gasteiger charge is -2.26. The van der Waals surface area contributed by atoms with Crippen molar-refractivity contribution >= 4 is 22.6 Å². The van der Waals surface area contributed by atoms with Crippen molar-refractivity contribution in [3.05, 3.63) is 65.5 Å². The number of hydrogen-bond donors (Lipinski definition) is 0. The van der Waals surface area contributed by atoms with Gasteiger partial charge in [-0.25, -0.2) is 9.97 Å². The summed E-state index contributed by atoms with van der Waals surface area (Å²) in [5, 5.41) is 2.31. The molecule has 1 fully saturated rings. The van der Waals surface area contributed by atoms with Gasteiger partial charge in [0.25, 0.3) is 0 Å². The topological polar surface area (TPSA) is 58.6 Å². The minimum absolute atomic E-state index is 0.127. The smallest absolute Gasteiger partial charge is 0.227 e. The molecule has 142 valence electrons. The van der Waals surface area contributed by atoms with Crippen LogP contribution in [0.4, 0.5) is 5.95 Å². The molecule has 0 radical (unpaired) electrons. The molecule has 0 unspecified atom stereocenters. The minimum Gasteiger partial charge on any atom is -0.378 e. The van der Waals surface area contributed by atoms with Crippen molar-refractivity contribution in [1.82, 2.24) is 14.9 Å². The van der Waals surface area contributed by atoms with Gasteiger partial charge in [-0.2, -0.15) is 0 Å². The Bertz CT molecular complexity index is 1020. The van der Waals surface area contributed by atoms with Crippen molar-refractivity contribution in [3.63, 3.8) is 0 Å². The normalized spacial score (nSPS) is 16.4. The Morgan fingerprint density at radius 2 is 1.86 bits per heavy atom. The molecule has 1 amide bonds. The average molecular weight is 374 g/mol. The second-order valence-corrected chi connectivity index (χ2v) is 7.31. The van der Waals surface area contributed by atoms with E-state index >= 15 is 0 Å². The second kappa shape index (κ2) is 7.20. The summed E-state index contributed by atoms with van der Waals surface area (Å²) >= 11 is 0. The van der Waals surface area contributed by atoms with Crippen LogP contribution in [0.25, 0.3) is 10.8 Å². The highest BCUT2D eigenvalue weighted by molar-refractivity contribution is 5.90. The Kier molecular flexibility index (Phi) is 4.41. The molecule has 5 rings (SSSR count). The minimum atomic E-state index is 0.127. The zero-order chi connectivity index (χ0) is 18.9. The standard InChI is InChI=1S/C22H22N4O2/c27-21(12-17-6-3-5-16-4-1-2-7-19(16)17)26-14-18-13-23-22(24-20(18)15-26)25-8-10-28-11-9-25/h1-7,13H,8-12,14-15H2. The number of benzene rings is 2. The van der Waals surface area contributed by atoms with E-state index in [1.807, 2.05) is 35.4 Å².